The molecule has 3 N–H and O–H groups in total. The number of halogens is 4. The molecule has 0 radical (unpaired) electrons. The van der Waals surface area contributed by atoms with E-state index in [0.29, 0.717) is 23.3 Å². The maximum Gasteiger partial charge on any atom is 0.419 e. The number of carbonyl (C=O) groups excluding carboxylic acids is 2. The molecule has 1 fully saturated rings. The van der Waals surface area contributed by atoms with Crippen molar-refractivity contribution in [1.82, 2.24) is 20.0 Å². The van der Waals surface area contributed by atoms with Crippen molar-refractivity contribution in [3.8, 4) is 11.3 Å². The number of alkyl halides is 3. The Balaban J connectivity index is 1.19. The number of piperazine rings is 1. The lowest BCUT2D eigenvalue weighted by Gasteiger charge is -2.32. The highest BCUT2D eigenvalue weighted by molar-refractivity contribution is 6.08. The molecule has 1 saturated heterocycles. The number of anilines is 2. The lowest BCUT2D eigenvalue weighted by Crippen LogP contribution is -2.43. The molecule has 2 amide bonds. The topological polar surface area (TPSA) is 93.4 Å². The third kappa shape index (κ3) is 6.90. The zero-order chi connectivity index (χ0) is 29.1. The molecule has 3 aromatic carbocycles. The lowest BCUT2D eigenvalue weighted by atomic mass is 10.0. The van der Waals surface area contributed by atoms with Crippen LogP contribution in [0, 0.1) is 5.82 Å². The van der Waals surface area contributed by atoms with Crippen molar-refractivity contribution < 1.29 is 27.2 Å². The minimum absolute atomic E-state index is 0.268. The summed E-state index contributed by atoms with van der Waals surface area (Å²) in [6.07, 6.45) is -5.56. The van der Waals surface area contributed by atoms with Crippen LogP contribution in [0.5, 0.6) is 0 Å². The van der Waals surface area contributed by atoms with Gasteiger partial charge in [-0.15, -0.1) is 0 Å². The molecule has 1 aliphatic rings. The number of rotatable bonds is 7. The minimum atomic E-state index is -4.92. The van der Waals surface area contributed by atoms with Crippen molar-refractivity contribution >= 4 is 34.1 Å². The van der Waals surface area contributed by atoms with Crippen LogP contribution < -0.4 is 10.6 Å². The number of likely N-dealkylation sites (N-methyl/N-ethyl adjacent to an activating group) is 1. The van der Waals surface area contributed by atoms with Crippen molar-refractivity contribution in [2.45, 2.75) is 19.1 Å². The minimum Gasteiger partial charge on any atom is -0.326 e. The molecule has 41 heavy (non-hydrogen) atoms. The van der Waals surface area contributed by atoms with Gasteiger partial charge >= 0.3 is 6.18 Å². The molecule has 0 atom stereocenters. The van der Waals surface area contributed by atoms with Gasteiger partial charge in [0.25, 0.3) is 0 Å². The van der Waals surface area contributed by atoms with Crippen LogP contribution in [0.1, 0.15) is 17.5 Å². The molecule has 1 aromatic heterocycles. The van der Waals surface area contributed by atoms with Gasteiger partial charge in [-0.2, -0.15) is 18.3 Å². The van der Waals surface area contributed by atoms with Gasteiger partial charge in [-0.25, -0.2) is 4.39 Å². The molecule has 1 aliphatic heterocycles. The first-order chi connectivity index (χ1) is 19.5. The number of carbonyl (C=O) groups is 2. The maximum absolute atomic E-state index is 13.5. The number of aromatic amines is 1. The van der Waals surface area contributed by atoms with E-state index in [1.165, 1.54) is 5.56 Å². The van der Waals surface area contributed by atoms with Crippen LogP contribution in [-0.2, 0) is 22.3 Å². The van der Waals surface area contributed by atoms with Gasteiger partial charge in [-0.05, 0) is 49.0 Å². The second-order valence-corrected chi connectivity index (χ2v) is 10.1. The normalized spacial score (nSPS) is 14.8. The number of amides is 2. The maximum atomic E-state index is 13.5. The number of fused-ring (bicyclic) bond motifs is 1. The molecule has 8 nitrogen and oxygen atoms in total. The van der Waals surface area contributed by atoms with Crippen LogP contribution in [0.4, 0.5) is 28.9 Å². The van der Waals surface area contributed by atoms with Crippen molar-refractivity contribution in [3.05, 3.63) is 77.6 Å². The summed E-state index contributed by atoms with van der Waals surface area (Å²) in [6, 6.07) is 15.5. The standard InChI is InChI=1S/C29H28F4N6O2/c1-38-10-12-39(13-11-38)17-18-2-4-19(5-3-18)28-22-8-6-21(15-25(22)36-37-28)35-27(41)16-26(40)34-20-7-9-24(30)23(14-20)29(31,32)33/h2-9,14-15H,10-13,16-17H2,1H3,(H,34,40)(H,35,41)(H,36,37). The molecule has 0 aliphatic carbocycles. The van der Waals surface area contributed by atoms with Gasteiger partial charge < -0.3 is 15.5 Å². The molecular weight excluding hydrogens is 540 g/mol. The summed E-state index contributed by atoms with van der Waals surface area (Å²) >= 11 is 0. The quantitative estimate of drug-likeness (QED) is 0.213. The predicted octanol–water partition coefficient (Wildman–Crippen LogP) is 5.10. The third-order valence-corrected chi connectivity index (χ3v) is 6.95. The summed E-state index contributed by atoms with van der Waals surface area (Å²) in [6.45, 7) is 5.12. The third-order valence-electron chi connectivity index (χ3n) is 6.95. The van der Waals surface area contributed by atoms with Crippen LogP contribution in [0.15, 0.2) is 60.7 Å². The number of benzene rings is 3. The largest absolute Gasteiger partial charge is 0.419 e. The Morgan fingerprint density at radius 1 is 0.902 bits per heavy atom. The van der Waals surface area contributed by atoms with Crippen molar-refractivity contribution in [3.63, 3.8) is 0 Å². The van der Waals surface area contributed by atoms with E-state index in [2.05, 4.69) is 49.8 Å². The lowest BCUT2D eigenvalue weighted by molar-refractivity contribution is -0.140. The SMILES string of the molecule is CN1CCN(Cc2ccc(-c3n[nH]c4cc(NC(=O)CC(=O)Nc5ccc(F)c(C(F)(F)F)c5)ccc34)cc2)CC1. The summed E-state index contributed by atoms with van der Waals surface area (Å²) in [4.78, 5) is 29.4. The smallest absolute Gasteiger partial charge is 0.326 e. The number of nitrogens with zero attached hydrogens (tertiary/aromatic N) is 3. The van der Waals surface area contributed by atoms with Crippen LogP contribution in [0.25, 0.3) is 22.2 Å². The monoisotopic (exact) mass is 568 g/mol. The Labute approximate surface area is 233 Å². The highest BCUT2D eigenvalue weighted by Crippen LogP contribution is 2.33. The Morgan fingerprint density at radius 3 is 2.20 bits per heavy atom. The zero-order valence-corrected chi connectivity index (χ0v) is 22.2. The van der Waals surface area contributed by atoms with E-state index in [1.54, 1.807) is 18.2 Å². The fraction of sp³-hybridized carbons (Fsp3) is 0.276. The zero-order valence-electron chi connectivity index (χ0n) is 22.2. The van der Waals surface area contributed by atoms with Crippen molar-refractivity contribution in [1.29, 1.82) is 0 Å². The number of hydrogen-bond acceptors (Lipinski definition) is 5. The molecule has 0 spiro atoms. The molecule has 5 rings (SSSR count). The fourth-order valence-electron chi connectivity index (χ4n) is 4.73. The Kier molecular flexibility index (Phi) is 8.04. The van der Waals surface area contributed by atoms with Gasteiger partial charge in [-0.3, -0.25) is 19.6 Å². The van der Waals surface area contributed by atoms with Crippen LogP contribution in [0.2, 0.25) is 0 Å². The number of aromatic nitrogens is 2. The summed E-state index contributed by atoms with van der Waals surface area (Å²) in [7, 11) is 2.13. The van der Waals surface area contributed by atoms with E-state index in [1.807, 2.05) is 12.1 Å². The Morgan fingerprint density at radius 2 is 1.54 bits per heavy atom. The number of H-pyrrole nitrogens is 1. The summed E-state index contributed by atoms with van der Waals surface area (Å²) in [5.41, 5.74) is 2.25. The van der Waals surface area contributed by atoms with E-state index in [0.717, 1.165) is 55.4 Å². The van der Waals surface area contributed by atoms with E-state index >= 15 is 0 Å². The molecule has 0 unspecified atom stereocenters. The van der Waals surface area contributed by atoms with E-state index in [-0.39, 0.29) is 5.69 Å². The van der Waals surface area contributed by atoms with E-state index < -0.39 is 35.8 Å². The average molecular weight is 569 g/mol. The Bertz CT molecular complexity index is 1560. The van der Waals surface area contributed by atoms with Gasteiger partial charge in [-0.1, -0.05) is 24.3 Å². The van der Waals surface area contributed by atoms with Crippen molar-refractivity contribution in [2.24, 2.45) is 0 Å². The molecule has 214 valence electrons. The molecular formula is C29H28F4N6O2. The molecule has 12 heteroatoms. The van der Waals surface area contributed by atoms with Gasteiger partial charge in [0.05, 0.1) is 16.8 Å². The first-order valence-electron chi connectivity index (χ1n) is 13.0. The summed E-state index contributed by atoms with van der Waals surface area (Å²) in [5.74, 6) is -2.97. The van der Waals surface area contributed by atoms with E-state index in [9.17, 15) is 27.2 Å². The van der Waals surface area contributed by atoms with Gasteiger partial charge in [0.15, 0.2) is 0 Å². The van der Waals surface area contributed by atoms with Crippen molar-refractivity contribution in [2.75, 3.05) is 43.9 Å². The first kappa shape index (κ1) is 28.2. The first-order valence-corrected chi connectivity index (χ1v) is 13.0. The van der Waals surface area contributed by atoms with Gasteiger partial charge in [0.2, 0.25) is 11.8 Å². The van der Waals surface area contributed by atoms with Crippen LogP contribution in [-0.4, -0.2) is 65.0 Å². The summed E-state index contributed by atoms with van der Waals surface area (Å²) < 4.78 is 52.2. The highest BCUT2D eigenvalue weighted by atomic mass is 19.4. The van der Waals surface area contributed by atoms with Crippen LogP contribution in [0.3, 0.4) is 0 Å². The molecule has 0 bridgehead atoms. The highest BCUT2D eigenvalue weighted by Gasteiger charge is 2.34. The summed E-state index contributed by atoms with van der Waals surface area (Å²) in [5, 5.41) is 13.0. The second-order valence-electron chi connectivity index (χ2n) is 10.1. The van der Waals surface area contributed by atoms with E-state index in [4.69, 9.17) is 0 Å². The molecule has 0 saturated carbocycles. The number of nitrogens with one attached hydrogen (secondary N) is 3. The average Bonchev–Trinajstić information content (AvgIpc) is 3.34. The van der Waals surface area contributed by atoms with Gasteiger partial charge in [0.1, 0.15) is 12.2 Å². The predicted molar refractivity (Wildman–Crippen MR) is 148 cm³/mol. The Hall–Kier alpha value is -4.29. The van der Waals surface area contributed by atoms with Gasteiger partial charge in [0, 0.05) is 55.0 Å². The van der Waals surface area contributed by atoms with Crippen LogP contribution >= 0.6 is 0 Å². The fourth-order valence-corrected chi connectivity index (χ4v) is 4.73. The molecule has 2 heterocycles. The second kappa shape index (κ2) is 11.7. The number of hydrogen-bond donors (Lipinski definition) is 3. The molecule has 4 aromatic rings.